The molecule has 0 spiro atoms. The van der Waals surface area contributed by atoms with Crippen molar-refractivity contribution in [2.45, 2.75) is 44.2 Å². The number of rotatable bonds is 2. The molecule has 0 saturated carbocycles. The third-order valence-corrected chi connectivity index (χ3v) is 4.59. The molecule has 0 N–H and O–H groups in total. The lowest BCUT2D eigenvalue weighted by Gasteiger charge is -2.42. The first-order valence-electron chi connectivity index (χ1n) is 7.10. The van der Waals surface area contributed by atoms with Gasteiger partial charge in [-0.3, -0.25) is 4.90 Å². The van der Waals surface area contributed by atoms with E-state index in [4.69, 9.17) is 0 Å². The highest BCUT2D eigenvalue weighted by Gasteiger charge is 2.31. The number of hydrogen-bond donors (Lipinski definition) is 0. The zero-order chi connectivity index (χ0) is 14.3. The van der Waals surface area contributed by atoms with Gasteiger partial charge in [-0.05, 0) is 44.4 Å². The summed E-state index contributed by atoms with van der Waals surface area (Å²) in [6.45, 7) is 0. The Morgan fingerprint density at radius 2 is 1.95 bits per heavy atom. The third kappa shape index (κ3) is 2.37. The van der Waals surface area contributed by atoms with Crippen molar-refractivity contribution in [2.75, 3.05) is 7.05 Å². The van der Waals surface area contributed by atoms with Crippen LogP contribution in [0.4, 0.5) is 13.2 Å². The van der Waals surface area contributed by atoms with E-state index in [1.54, 1.807) is 0 Å². The Labute approximate surface area is 117 Å². The minimum absolute atomic E-state index is 0.248. The first-order chi connectivity index (χ1) is 9.56. The van der Waals surface area contributed by atoms with Crippen LogP contribution in [-0.4, -0.2) is 24.0 Å². The second kappa shape index (κ2) is 5.24. The molecule has 1 saturated heterocycles. The van der Waals surface area contributed by atoms with E-state index in [9.17, 15) is 13.2 Å². The molecule has 1 fully saturated rings. The normalized spacial score (nSPS) is 26.5. The van der Waals surface area contributed by atoms with E-state index in [2.05, 4.69) is 18.0 Å². The number of halogens is 3. The molecule has 2 unspecified atom stereocenters. The predicted molar refractivity (Wildman–Crippen MR) is 71.9 cm³/mol. The quantitative estimate of drug-likeness (QED) is 0.588. The molecule has 1 aromatic carbocycles. The smallest absolute Gasteiger partial charge is 0.194 e. The number of hydrogen-bond acceptors (Lipinski definition) is 1. The molecule has 0 amide bonds. The lowest BCUT2D eigenvalue weighted by Crippen LogP contribution is -2.46. The van der Waals surface area contributed by atoms with Crippen molar-refractivity contribution in [3.05, 3.63) is 46.8 Å². The lowest BCUT2D eigenvalue weighted by atomic mass is 9.83. The van der Waals surface area contributed by atoms with E-state index in [0.717, 1.165) is 30.9 Å². The van der Waals surface area contributed by atoms with Gasteiger partial charge in [-0.15, -0.1) is 0 Å². The summed E-state index contributed by atoms with van der Waals surface area (Å²) >= 11 is 0. The Morgan fingerprint density at radius 1 is 1.15 bits per heavy atom. The monoisotopic (exact) mass is 281 g/mol. The van der Waals surface area contributed by atoms with Crippen LogP contribution in [0.2, 0.25) is 0 Å². The Morgan fingerprint density at radius 3 is 2.70 bits per heavy atom. The zero-order valence-electron chi connectivity index (χ0n) is 11.5. The summed E-state index contributed by atoms with van der Waals surface area (Å²) < 4.78 is 39.9. The lowest BCUT2D eigenvalue weighted by molar-refractivity contribution is 0.129. The molecule has 1 nitrogen and oxygen atoms in total. The molecule has 108 valence electrons. The van der Waals surface area contributed by atoms with Gasteiger partial charge in [0.1, 0.15) is 0 Å². The fourth-order valence-electron chi connectivity index (χ4n) is 3.41. The number of fused-ring (bicyclic) bond motifs is 2. The molecule has 3 rings (SSSR count). The minimum atomic E-state index is -1.36. The standard InChI is InChI=1S/C16H18F3N/c1-20-12-3-2-4-13(20)9-10(8-12)7-11-5-6-14(17)16(19)15(11)18/h5-6,8,12-13H,2-4,7,9H2,1H3. The Kier molecular flexibility index (Phi) is 3.59. The zero-order valence-corrected chi connectivity index (χ0v) is 11.5. The number of nitrogens with zero attached hydrogens (tertiary/aromatic N) is 1. The maximum Gasteiger partial charge on any atom is 0.194 e. The largest absolute Gasteiger partial charge is 0.297 e. The van der Waals surface area contributed by atoms with E-state index in [-0.39, 0.29) is 5.56 Å². The van der Waals surface area contributed by atoms with Crippen LogP contribution in [0.1, 0.15) is 31.2 Å². The van der Waals surface area contributed by atoms with Gasteiger partial charge in [0, 0.05) is 12.1 Å². The van der Waals surface area contributed by atoms with Crippen molar-refractivity contribution in [3.8, 4) is 0 Å². The number of likely N-dealkylation sites (N-methyl/N-ethyl adjacent to an activating group) is 1. The van der Waals surface area contributed by atoms with Crippen LogP contribution < -0.4 is 0 Å². The average Bonchev–Trinajstić information content (AvgIpc) is 2.40. The maximum atomic E-state index is 13.7. The van der Waals surface area contributed by atoms with Crippen LogP contribution in [0.15, 0.2) is 23.8 Å². The van der Waals surface area contributed by atoms with E-state index < -0.39 is 17.5 Å². The Hall–Kier alpha value is -1.29. The fraction of sp³-hybridized carbons (Fsp3) is 0.500. The molecule has 0 aliphatic carbocycles. The molecule has 0 radical (unpaired) electrons. The summed E-state index contributed by atoms with van der Waals surface area (Å²) in [6.07, 6.45) is 6.95. The van der Waals surface area contributed by atoms with Crippen molar-refractivity contribution in [1.29, 1.82) is 0 Å². The topological polar surface area (TPSA) is 3.24 Å². The summed E-state index contributed by atoms with van der Waals surface area (Å²) in [7, 11) is 2.12. The van der Waals surface area contributed by atoms with E-state index in [0.29, 0.717) is 18.5 Å². The van der Waals surface area contributed by atoms with E-state index in [1.807, 2.05) is 0 Å². The van der Waals surface area contributed by atoms with Gasteiger partial charge in [0.2, 0.25) is 0 Å². The summed E-state index contributed by atoms with van der Waals surface area (Å²) in [4.78, 5) is 2.37. The molecule has 1 aromatic rings. The van der Waals surface area contributed by atoms with Crippen molar-refractivity contribution in [3.63, 3.8) is 0 Å². The number of piperidine rings is 1. The van der Waals surface area contributed by atoms with E-state index >= 15 is 0 Å². The number of benzene rings is 1. The SMILES string of the molecule is CN1C2C=C(Cc3ccc(F)c(F)c3F)CC1CCC2. The van der Waals surface area contributed by atoms with Crippen LogP contribution in [0.5, 0.6) is 0 Å². The summed E-state index contributed by atoms with van der Waals surface area (Å²) in [5, 5.41) is 0. The highest BCUT2D eigenvalue weighted by Crippen LogP contribution is 2.33. The molecule has 2 aliphatic rings. The second-order valence-electron chi connectivity index (χ2n) is 5.86. The molecule has 2 heterocycles. The fourth-order valence-corrected chi connectivity index (χ4v) is 3.41. The van der Waals surface area contributed by atoms with Crippen molar-refractivity contribution >= 4 is 0 Å². The molecule has 2 atom stereocenters. The van der Waals surface area contributed by atoms with Crippen LogP contribution in [0, 0.1) is 17.5 Å². The van der Waals surface area contributed by atoms with Crippen molar-refractivity contribution < 1.29 is 13.2 Å². The van der Waals surface area contributed by atoms with Gasteiger partial charge in [0.15, 0.2) is 17.5 Å². The van der Waals surface area contributed by atoms with Crippen molar-refractivity contribution in [2.24, 2.45) is 0 Å². The van der Waals surface area contributed by atoms with Gasteiger partial charge >= 0.3 is 0 Å². The summed E-state index contributed by atoms with van der Waals surface area (Å²) in [5.74, 6) is -3.54. The molecular formula is C16H18F3N. The first kappa shape index (κ1) is 13.7. The first-order valence-corrected chi connectivity index (χ1v) is 7.10. The van der Waals surface area contributed by atoms with Crippen LogP contribution in [-0.2, 0) is 6.42 Å². The molecule has 0 aromatic heterocycles. The molecule has 2 aliphatic heterocycles. The average molecular weight is 281 g/mol. The highest BCUT2D eigenvalue weighted by molar-refractivity contribution is 5.28. The van der Waals surface area contributed by atoms with Crippen LogP contribution in [0.3, 0.4) is 0 Å². The van der Waals surface area contributed by atoms with Gasteiger partial charge < -0.3 is 0 Å². The van der Waals surface area contributed by atoms with Gasteiger partial charge in [-0.25, -0.2) is 13.2 Å². The highest BCUT2D eigenvalue weighted by atomic mass is 19.2. The maximum absolute atomic E-state index is 13.7. The second-order valence-corrected chi connectivity index (χ2v) is 5.86. The van der Waals surface area contributed by atoms with Gasteiger partial charge in [-0.2, -0.15) is 0 Å². The minimum Gasteiger partial charge on any atom is -0.297 e. The van der Waals surface area contributed by atoms with Crippen LogP contribution in [0.25, 0.3) is 0 Å². The Balaban J connectivity index is 1.84. The van der Waals surface area contributed by atoms with Gasteiger partial charge in [-0.1, -0.05) is 24.1 Å². The predicted octanol–water partition coefficient (Wildman–Crippen LogP) is 3.83. The summed E-state index contributed by atoms with van der Waals surface area (Å²) in [5.41, 5.74) is 1.39. The molecule has 4 heteroatoms. The van der Waals surface area contributed by atoms with E-state index in [1.165, 1.54) is 12.5 Å². The van der Waals surface area contributed by atoms with Crippen molar-refractivity contribution in [1.82, 2.24) is 4.90 Å². The van der Waals surface area contributed by atoms with Crippen LogP contribution >= 0.6 is 0 Å². The van der Waals surface area contributed by atoms with Gasteiger partial charge in [0.05, 0.1) is 0 Å². The molecule has 2 bridgehead atoms. The molecular weight excluding hydrogens is 263 g/mol. The van der Waals surface area contributed by atoms with Gasteiger partial charge in [0.25, 0.3) is 0 Å². The third-order valence-electron chi connectivity index (χ3n) is 4.59. The Bertz CT molecular complexity index is 553. The summed E-state index contributed by atoms with van der Waals surface area (Å²) in [6, 6.07) is 3.26. The molecule has 20 heavy (non-hydrogen) atoms.